The number of ether oxygens (including phenoxy) is 1. The first-order valence-corrected chi connectivity index (χ1v) is 6.28. The summed E-state index contributed by atoms with van der Waals surface area (Å²) in [5, 5.41) is 0. The van der Waals surface area contributed by atoms with Crippen LogP contribution in [0.3, 0.4) is 0 Å². The molecule has 0 amide bonds. The van der Waals surface area contributed by atoms with Crippen molar-refractivity contribution in [2.24, 2.45) is 0 Å². The van der Waals surface area contributed by atoms with E-state index in [9.17, 15) is 22.8 Å². The summed E-state index contributed by atoms with van der Waals surface area (Å²) in [6.45, 7) is 1.43. The molecule has 1 aromatic rings. The largest absolute Gasteiger partial charge is 0.465 e. The number of halogens is 3. The second-order valence-corrected chi connectivity index (χ2v) is 4.41. The maximum atomic E-state index is 12.3. The molecule has 6 heteroatoms. The number of carbonyl (C=O) groups excluding carboxylic acids is 2. The topological polar surface area (TPSA) is 43.4 Å². The lowest BCUT2D eigenvalue weighted by Crippen LogP contribution is -2.09. The second-order valence-electron chi connectivity index (χ2n) is 4.41. The molecule has 0 aliphatic heterocycles. The van der Waals surface area contributed by atoms with Gasteiger partial charge in [0.05, 0.1) is 12.2 Å². The zero-order valence-corrected chi connectivity index (χ0v) is 11.4. The molecule has 0 unspecified atom stereocenters. The predicted molar refractivity (Wildman–Crippen MR) is 71.4 cm³/mol. The average Bonchev–Trinajstić information content (AvgIpc) is 2.37. The highest BCUT2D eigenvalue weighted by Gasteiger charge is 2.29. The van der Waals surface area contributed by atoms with Gasteiger partial charge < -0.3 is 4.74 Å². The lowest BCUT2D eigenvalue weighted by atomic mass is 10.1. The number of ketones is 1. The summed E-state index contributed by atoms with van der Waals surface area (Å²) < 4.78 is 41.8. The average molecular weight is 300 g/mol. The molecule has 3 nitrogen and oxygen atoms in total. The molecule has 0 heterocycles. The van der Waals surface area contributed by atoms with Gasteiger partial charge in [0.1, 0.15) is 12.2 Å². The smallest absolute Gasteiger partial charge is 0.416 e. The first-order chi connectivity index (χ1) is 9.79. The van der Waals surface area contributed by atoms with Crippen LogP contribution in [0.4, 0.5) is 13.2 Å². The van der Waals surface area contributed by atoms with Crippen molar-refractivity contribution in [2.75, 3.05) is 6.61 Å². The zero-order valence-electron chi connectivity index (χ0n) is 11.4. The van der Waals surface area contributed by atoms with Gasteiger partial charge in [-0.15, -0.1) is 0 Å². The lowest BCUT2D eigenvalue weighted by Gasteiger charge is -2.05. The molecule has 0 saturated heterocycles. The summed E-state index contributed by atoms with van der Waals surface area (Å²) >= 11 is 0. The van der Waals surface area contributed by atoms with Crippen molar-refractivity contribution >= 4 is 17.8 Å². The normalized spacial score (nSPS) is 11.6. The van der Waals surface area contributed by atoms with E-state index >= 15 is 0 Å². The third-order valence-electron chi connectivity index (χ3n) is 2.49. The van der Waals surface area contributed by atoms with Crippen molar-refractivity contribution in [3.8, 4) is 0 Å². The van der Waals surface area contributed by atoms with Gasteiger partial charge in [-0.2, -0.15) is 13.2 Å². The van der Waals surface area contributed by atoms with Gasteiger partial charge in [0.15, 0.2) is 0 Å². The minimum Gasteiger partial charge on any atom is -0.465 e. The van der Waals surface area contributed by atoms with E-state index in [2.05, 4.69) is 0 Å². The third kappa shape index (κ3) is 6.74. The Morgan fingerprint density at radius 3 is 2.33 bits per heavy atom. The first-order valence-electron chi connectivity index (χ1n) is 6.28. The maximum absolute atomic E-state index is 12.3. The van der Waals surface area contributed by atoms with Crippen LogP contribution in [0.15, 0.2) is 30.3 Å². The molecule has 114 valence electrons. The fourth-order valence-corrected chi connectivity index (χ4v) is 1.50. The Kier molecular flexibility index (Phi) is 6.14. The number of carbonyl (C=O) groups is 2. The molecule has 0 fully saturated rings. The van der Waals surface area contributed by atoms with Crippen LogP contribution in [0, 0.1) is 0 Å². The van der Waals surface area contributed by atoms with E-state index < -0.39 is 17.7 Å². The van der Waals surface area contributed by atoms with Crippen molar-refractivity contribution in [1.82, 2.24) is 0 Å². The molecule has 1 aromatic carbocycles. The molecule has 0 spiro atoms. The fraction of sp³-hybridized carbons (Fsp3) is 0.333. The van der Waals surface area contributed by atoms with E-state index in [1.54, 1.807) is 12.2 Å². The minimum absolute atomic E-state index is 0.128. The van der Waals surface area contributed by atoms with Gasteiger partial charge in [-0.3, -0.25) is 9.59 Å². The SMILES string of the molecule is CC(=O)CC(=O)OCC/C=C/c1ccc(C(F)(F)F)cc1. The molecule has 21 heavy (non-hydrogen) atoms. The Bertz CT molecular complexity index is 516. The van der Waals surface area contributed by atoms with Crippen molar-refractivity contribution in [3.63, 3.8) is 0 Å². The Labute approximate surface area is 120 Å². The standard InChI is InChI=1S/C15H15F3O3/c1-11(19)10-14(20)21-9-3-2-4-12-5-7-13(8-6-12)15(16,17)18/h2,4-8H,3,9-10H2,1H3/b4-2+. The van der Waals surface area contributed by atoms with Crippen LogP contribution < -0.4 is 0 Å². The Morgan fingerprint density at radius 2 is 1.81 bits per heavy atom. The molecule has 0 aliphatic carbocycles. The van der Waals surface area contributed by atoms with E-state index in [1.807, 2.05) is 0 Å². The summed E-state index contributed by atoms with van der Waals surface area (Å²) in [6, 6.07) is 4.74. The van der Waals surface area contributed by atoms with E-state index in [0.29, 0.717) is 12.0 Å². The molecule has 0 atom stereocenters. The van der Waals surface area contributed by atoms with Gasteiger partial charge in [-0.25, -0.2) is 0 Å². The highest BCUT2D eigenvalue weighted by molar-refractivity contribution is 5.94. The Morgan fingerprint density at radius 1 is 1.19 bits per heavy atom. The van der Waals surface area contributed by atoms with Crippen molar-refractivity contribution in [1.29, 1.82) is 0 Å². The van der Waals surface area contributed by atoms with Crippen LogP contribution in [0.1, 0.15) is 30.9 Å². The molecular weight excluding hydrogens is 285 g/mol. The number of Topliss-reactive ketones (excluding diaryl/α,β-unsaturated/α-hetero) is 1. The molecule has 0 aromatic heterocycles. The minimum atomic E-state index is -4.34. The van der Waals surface area contributed by atoms with Crippen LogP contribution in [-0.4, -0.2) is 18.4 Å². The van der Waals surface area contributed by atoms with E-state index in [1.165, 1.54) is 19.1 Å². The molecular formula is C15H15F3O3. The van der Waals surface area contributed by atoms with Gasteiger partial charge in [-0.1, -0.05) is 24.3 Å². The summed E-state index contributed by atoms with van der Waals surface area (Å²) in [7, 11) is 0. The highest BCUT2D eigenvalue weighted by Crippen LogP contribution is 2.29. The fourth-order valence-electron chi connectivity index (χ4n) is 1.50. The molecule has 0 bridgehead atoms. The summed E-state index contributed by atoms with van der Waals surface area (Å²) in [6.07, 6.45) is -0.844. The summed E-state index contributed by atoms with van der Waals surface area (Å²) in [4.78, 5) is 21.7. The molecule has 0 radical (unpaired) electrons. The molecule has 1 rings (SSSR count). The highest BCUT2D eigenvalue weighted by atomic mass is 19.4. The zero-order chi connectivity index (χ0) is 15.9. The van der Waals surface area contributed by atoms with Crippen molar-refractivity contribution in [3.05, 3.63) is 41.5 Å². The van der Waals surface area contributed by atoms with Crippen molar-refractivity contribution in [2.45, 2.75) is 25.9 Å². The second kappa shape index (κ2) is 7.61. The number of esters is 1. The van der Waals surface area contributed by atoms with E-state index in [4.69, 9.17) is 4.74 Å². The molecule has 0 aliphatic rings. The summed E-state index contributed by atoms with van der Waals surface area (Å²) in [5.41, 5.74) is -0.0733. The van der Waals surface area contributed by atoms with Gasteiger partial charge >= 0.3 is 12.1 Å². The van der Waals surface area contributed by atoms with Gasteiger partial charge in [0.2, 0.25) is 0 Å². The predicted octanol–water partition coefficient (Wildman–Crippen LogP) is 3.63. The number of rotatable bonds is 6. The van der Waals surface area contributed by atoms with Crippen LogP contribution >= 0.6 is 0 Å². The maximum Gasteiger partial charge on any atom is 0.416 e. The number of alkyl halides is 3. The third-order valence-corrected chi connectivity index (χ3v) is 2.49. The molecule has 0 saturated carbocycles. The summed E-state index contributed by atoms with van der Waals surface area (Å²) in [5.74, 6) is -0.842. The van der Waals surface area contributed by atoms with Crippen molar-refractivity contribution < 1.29 is 27.5 Å². The number of hydrogen-bond donors (Lipinski definition) is 0. The van der Waals surface area contributed by atoms with Crippen LogP contribution in [0.5, 0.6) is 0 Å². The monoisotopic (exact) mass is 300 g/mol. The van der Waals surface area contributed by atoms with Gasteiger partial charge in [0.25, 0.3) is 0 Å². The molecule has 0 N–H and O–H groups in total. The van der Waals surface area contributed by atoms with Crippen LogP contribution in [-0.2, 0) is 20.5 Å². The van der Waals surface area contributed by atoms with Crippen LogP contribution in [0.25, 0.3) is 6.08 Å². The van der Waals surface area contributed by atoms with Crippen LogP contribution in [0.2, 0.25) is 0 Å². The van der Waals surface area contributed by atoms with Gasteiger partial charge in [0, 0.05) is 0 Å². The number of hydrogen-bond acceptors (Lipinski definition) is 3. The number of benzene rings is 1. The van der Waals surface area contributed by atoms with E-state index in [0.717, 1.165) is 12.1 Å². The Balaban J connectivity index is 2.37. The van der Waals surface area contributed by atoms with Gasteiger partial charge in [-0.05, 0) is 31.0 Å². The first kappa shape index (κ1) is 16.9. The Hall–Kier alpha value is -2.11. The quantitative estimate of drug-likeness (QED) is 0.458. The lowest BCUT2D eigenvalue weighted by molar-refractivity contribution is -0.145. The van der Waals surface area contributed by atoms with E-state index in [-0.39, 0.29) is 18.8 Å².